The summed E-state index contributed by atoms with van der Waals surface area (Å²) in [7, 11) is 0. The SMILES string of the molecule is CC(=O)/C=C/c1c(C)cc([O-])cc1C.[Na+]. The van der Waals surface area contributed by atoms with E-state index >= 15 is 0 Å². The van der Waals surface area contributed by atoms with Crippen LogP contribution in [-0.4, -0.2) is 5.78 Å². The summed E-state index contributed by atoms with van der Waals surface area (Å²) < 4.78 is 0. The first kappa shape index (κ1) is 14.4. The summed E-state index contributed by atoms with van der Waals surface area (Å²) in [6.07, 6.45) is 3.27. The molecule has 0 aromatic heterocycles. The van der Waals surface area contributed by atoms with Crippen molar-refractivity contribution in [3.8, 4) is 5.75 Å². The predicted octanol–water partition coefficient (Wildman–Crippen LogP) is -1.02. The van der Waals surface area contributed by atoms with E-state index in [0.29, 0.717) is 0 Å². The van der Waals surface area contributed by atoms with Crippen molar-refractivity contribution in [1.82, 2.24) is 0 Å². The molecule has 0 saturated carbocycles. The van der Waals surface area contributed by atoms with E-state index in [1.807, 2.05) is 13.8 Å². The number of benzene rings is 1. The fourth-order valence-electron chi connectivity index (χ4n) is 1.40. The molecule has 1 aromatic carbocycles. The first-order valence-electron chi connectivity index (χ1n) is 4.47. The first-order valence-corrected chi connectivity index (χ1v) is 4.47. The number of ketones is 1. The van der Waals surface area contributed by atoms with Crippen LogP contribution < -0.4 is 34.7 Å². The van der Waals surface area contributed by atoms with Crippen LogP contribution in [0.4, 0.5) is 0 Å². The third kappa shape index (κ3) is 4.20. The molecule has 0 heterocycles. The van der Waals surface area contributed by atoms with Crippen LogP contribution >= 0.6 is 0 Å². The molecule has 0 saturated heterocycles. The van der Waals surface area contributed by atoms with Crippen LogP contribution in [-0.2, 0) is 4.79 Å². The van der Waals surface area contributed by atoms with E-state index in [-0.39, 0.29) is 41.1 Å². The fraction of sp³-hybridized carbons (Fsp3) is 0.250. The average molecular weight is 212 g/mol. The van der Waals surface area contributed by atoms with Gasteiger partial charge in [-0.15, -0.1) is 5.75 Å². The molecule has 0 aliphatic heterocycles. The van der Waals surface area contributed by atoms with Crippen LogP contribution in [0.5, 0.6) is 5.75 Å². The maximum Gasteiger partial charge on any atom is 1.00 e. The Bertz CT molecular complexity index is 372. The standard InChI is InChI=1S/C12H14O2.Na/c1-8-6-11(14)7-9(2)12(8)5-4-10(3)13;/h4-7,14H,1-3H3;/q;+1/p-1/b5-4+;. The smallest absolute Gasteiger partial charge is 0.872 e. The monoisotopic (exact) mass is 212 g/mol. The summed E-state index contributed by atoms with van der Waals surface area (Å²) >= 11 is 0. The van der Waals surface area contributed by atoms with Gasteiger partial charge in [-0.05, 0) is 43.5 Å². The van der Waals surface area contributed by atoms with Crippen molar-refractivity contribution in [1.29, 1.82) is 0 Å². The second-order valence-corrected chi connectivity index (χ2v) is 3.41. The molecule has 3 heteroatoms. The molecule has 0 N–H and O–H groups in total. The van der Waals surface area contributed by atoms with E-state index in [9.17, 15) is 9.90 Å². The van der Waals surface area contributed by atoms with Crippen molar-refractivity contribution >= 4 is 11.9 Å². The molecular weight excluding hydrogens is 199 g/mol. The fourth-order valence-corrected chi connectivity index (χ4v) is 1.40. The average Bonchev–Trinajstić information content (AvgIpc) is 2.01. The zero-order chi connectivity index (χ0) is 10.7. The summed E-state index contributed by atoms with van der Waals surface area (Å²) in [5.74, 6) is 0.0231. The van der Waals surface area contributed by atoms with Gasteiger partial charge in [-0.1, -0.05) is 18.2 Å². The maximum atomic E-state index is 11.1. The van der Waals surface area contributed by atoms with Gasteiger partial charge in [0.2, 0.25) is 0 Å². The van der Waals surface area contributed by atoms with Gasteiger partial charge < -0.3 is 5.11 Å². The minimum absolute atomic E-state index is 0. The molecule has 0 unspecified atom stereocenters. The van der Waals surface area contributed by atoms with Gasteiger partial charge in [0.25, 0.3) is 0 Å². The largest absolute Gasteiger partial charge is 1.00 e. The molecule has 0 atom stereocenters. The number of hydrogen-bond acceptors (Lipinski definition) is 2. The summed E-state index contributed by atoms with van der Waals surface area (Å²) in [6.45, 7) is 5.24. The van der Waals surface area contributed by atoms with Gasteiger partial charge in [-0.25, -0.2) is 0 Å². The summed E-state index contributed by atoms with van der Waals surface area (Å²) in [6, 6.07) is 3.15. The minimum atomic E-state index is 0. The number of allylic oxidation sites excluding steroid dienone is 1. The Hall–Kier alpha value is -0.570. The molecule has 15 heavy (non-hydrogen) atoms. The zero-order valence-corrected chi connectivity index (χ0v) is 11.6. The quantitative estimate of drug-likeness (QED) is 0.465. The van der Waals surface area contributed by atoms with Crippen LogP contribution in [0.3, 0.4) is 0 Å². The molecule has 1 aromatic rings. The number of carbonyl (C=O) groups is 1. The van der Waals surface area contributed by atoms with E-state index in [4.69, 9.17) is 0 Å². The first-order chi connectivity index (χ1) is 6.50. The Labute approximate surface area is 112 Å². The number of carbonyl (C=O) groups excluding carboxylic acids is 1. The molecule has 2 nitrogen and oxygen atoms in total. The minimum Gasteiger partial charge on any atom is -0.872 e. The molecule has 0 amide bonds. The molecule has 0 aliphatic carbocycles. The molecule has 0 radical (unpaired) electrons. The summed E-state index contributed by atoms with van der Waals surface area (Å²) in [5, 5.41) is 11.1. The maximum absolute atomic E-state index is 11.1. The van der Waals surface area contributed by atoms with Crippen LogP contribution in [0, 0.1) is 13.8 Å². The summed E-state index contributed by atoms with van der Waals surface area (Å²) in [4.78, 5) is 10.8. The predicted molar refractivity (Wildman–Crippen MR) is 55.1 cm³/mol. The van der Waals surface area contributed by atoms with Gasteiger partial charge in [0, 0.05) is 0 Å². The number of aryl methyl sites for hydroxylation is 2. The van der Waals surface area contributed by atoms with E-state index in [2.05, 4.69) is 0 Å². The molecular formula is C12H13NaO2. The van der Waals surface area contributed by atoms with E-state index in [1.54, 1.807) is 18.2 Å². The van der Waals surface area contributed by atoms with Crippen LogP contribution in [0.15, 0.2) is 18.2 Å². The van der Waals surface area contributed by atoms with Crippen molar-refractivity contribution in [2.75, 3.05) is 0 Å². The molecule has 0 fully saturated rings. The van der Waals surface area contributed by atoms with Crippen molar-refractivity contribution in [2.45, 2.75) is 20.8 Å². The topological polar surface area (TPSA) is 40.1 Å². The third-order valence-corrected chi connectivity index (χ3v) is 2.05. The van der Waals surface area contributed by atoms with Crippen LogP contribution in [0.1, 0.15) is 23.6 Å². The van der Waals surface area contributed by atoms with Crippen LogP contribution in [0.25, 0.3) is 6.08 Å². The van der Waals surface area contributed by atoms with Crippen molar-refractivity contribution in [3.05, 3.63) is 34.9 Å². The van der Waals surface area contributed by atoms with Crippen LogP contribution in [0.2, 0.25) is 0 Å². The van der Waals surface area contributed by atoms with E-state index in [0.717, 1.165) is 16.7 Å². The van der Waals surface area contributed by atoms with Crippen molar-refractivity contribution in [2.24, 2.45) is 0 Å². The second-order valence-electron chi connectivity index (χ2n) is 3.41. The molecule has 74 valence electrons. The second kappa shape index (κ2) is 6.11. The van der Waals surface area contributed by atoms with Gasteiger partial charge in [0.15, 0.2) is 5.78 Å². The Balaban J connectivity index is 0.00000196. The number of rotatable bonds is 2. The molecule has 0 aliphatic rings. The Morgan fingerprint density at radius 2 is 1.73 bits per heavy atom. The molecule has 0 bridgehead atoms. The zero-order valence-electron chi connectivity index (χ0n) is 9.63. The Morgan fingerprint density at radius 1 is 1.27 bits per heavy atom. The van der Waals surface area contributed by atoms with E-state index < -0.39 is 0 Å². The van der Waals surface area contributed by atoms with Gasteiger partial charge in [-0.2, -0.15) is 0 Å². The van der Waals surface area contributed by atoms with Crippen molar-refractivity contribution < 1.29 is 39.5 Å². The third-order valence-electron chi connectivity index (χ3n) is 2.05. The van der Waals surface area contributed by atoms with Crippen molar-refractivity contribution in [3.63, 3.8) is 0 Å². The Morgan fingerprint density at radius 3 is 2.13 bits per heavy atom. The Kier molecular flexibility index (Phi) is 5.88. The number of hydrogen-bond donors (Lipinski definition) is 0. The molecule has 1 rings (SSSR count). The van der Waals surface area contributed by atoms with Gasteiger partial charge in [-0.3, -0.25) is 4.79 Å². The van der Waals surface area contributed by atoms with Gasteiger partial charge in [0.05, 0.1) is 0 Å². The summed E-state index contributed by atoms with van der Waals surface area (Å²) in [5.41, 5.74) is 2.78. The normalized spacial score (nSPS) is 10.1. The van der Waals surface area contributed by atoms with Gasteiger partial charge >= 0.3 is 29.6 Å². The van der Waals surface area contributed by atoms with E-state index in [1.165, 1.54) is 13.0 Å². The van der Waals surface area contributed by atoms with Gasteiger partial charge in [0.1, 0.15) is 0 Å². The molecule has 0 spiro atoms.